The zero-order chi connectivity index (χ0) is 24.0. The third kappa shape index (κ3) is 5.64. The van der Waals surface area contributed by atoms with E-state index in [0.717, 1.165) is 11.3 Å². The summed E-state index contributed by atoms with van der Waals surface area (Å²) < 4.78 is 28.1. The van der Waals surface area contributed by atoms with Crippen LogP contribution in [0.1, 0.15) is 16.2 Å². The molecule has 1 heterocycles. The van der Waals surface area contributed by atoms with Crippen LogP contribution in [0.4, 0.5) is 5.69 Å². The minimum atomic E-state index is -3.46. The van der Waals surface area contributed by atoms with Crippen molar-refractivity contribution >= 4 is 21.6 Å². The molecule has 0 bridgehead atoms. The van der Waals surface area contributed by atoms with Crippen molar-refractivity contribution in [3.8, 4) is 17.1 Å². The van der Waals surface area contributed by atoms with E-state index < -0.39 is 15.9 Å². The van der Waals surface area contributed by atoms with Crippen LogP contribution < -0.4 is 10.0 Å². The Morgan fingerprint density at radius 3 is 2.24 bits per heavy atom. The lowest BCUT2D eigenvalue weighted by atomic mass is 10.2. The summed E-state index contributed by atoms with van der Waals surface area (Å²) in [6.45, 7) is 3.67. The standard InChI is InChI=1S/C25H23N5O3S/c1-2-17-26-34(32,33)18-19-13-15-21(16-14-19)27-25(31)23-28-24(20-9-5-3-6-10-20)30(29-23)22-11-7-4-8-12-22/h2-16,26H,1,17-18H2,(H,27,31). The largest absolute Gasteiger partial charge is 0.319 e. The third-order valence-electron chi connectivity index (χ3n) is 4.86. The molecule has 0 aliphatic carbocycles. The van der Waals surface area contributed by atoms with E-state index in [2.05, 4.69) is 26.7 Å². The van der Waals surface area contributed by atoms with E-state index in [4.69, 9.17) is 0 Å². The summed E-state index contributed by atoms with van der Waals surface area (Å²) in [5.74, 6) is -0.0779. The first kappa shape index (κ1) is 23.1. The average molecular weight is 474 g/mol. The van der Waals surface area contributed by atoms with Gasteiger partial charge in [-0.2, -0.15) is 0 Å². The Balaban J connectivity index is 1.54. The second kappa shape index (κ2) is 10.2. The summed E-state index contributed by atoms with van der Waals surface area (Å²) in [6, 6.07) is 25.5. The SMILES string of the molecule is C=CCNS(=O)(=O)Cc1ccc(NC(=O)c2nc(-c3ccccc3)n(-c3ccccc3)n2)cc1. The number of rotatable bonds is 9. The van der Waals surface area contributed by atoms with Crippen LogP contribution in [0.15, 0.2) is 97.6 Å². The summed E-state index contributed by atoms with van der Waals surface area (Å²) >= 11 is 0. The fourth-order valence-electron chi connectivity index (χ4n) is 3.26. The molecule has 0 radical (unpaired) electrons. The number of amides is 1. The Labute approximate surface area is 198 Å². The second-order valence-corrected chi connectivity index (χ2v) is 9.23. The molecule has 4 rings (SSSR count). The van der Waals surface area contributed by atoms with Gasteiger partial charge in [-0.25, -0.2) is 22.8 Å². The van der Waals surface area contributed by atoms with Crippen molar-refractivity contribution in [3.05, 3.63) is 109 Å². The number of nitrogens with one attached hydrogen (secondary N) is 2. The molecule has 3 aromatic carbocycles. The van der Waals surface area contributed by atoms with Crippen LogP contribution in [0, 0.1) is 0 Å². The predicted octanol–water partition coefficient (Wildman–Crippen LogP) is 3.79. The van der Waals surface area contributed by atoms with Crippen molar-refractivity contribution in [3.63, 3.8) is 0 Å². The molecule has 0 saturated carbocycles. The Kier molecular flexibility index (Phi) is 6.95. The lowest BCUT2D eigenvalue weighted by molar-refractivity contribution is 0.101. The number of carbonyl (C=O) groups excluding carboxylic acids is 1. The van der Waals surface area contributed by atoms with E-state index in [0.29, 0.717) is 17.1 Å². The molecule has 0 spiro atoms. The molecule has 2 N–H and O–H groups in total. The Hall–Kier alpha value is -4.08. The molecule has 9 heteroatoms. The molecule has 4 aromatic rings. The molecule has 8 nitrogen and oxygen atoms in total. The molecular formula is C25H23N5O3S. The first-order chi connectivity index (χ1) is 16.4. The molecule has 34 heavy (non-hydrogen) atoms. The zero-order valence-corrected chi connectivity index (χ0v) is 19.1. The topological polar surface area (TPSA) is 106 Å². The Morgan fingerprint density at radius 2 is 1.59 bits per heavy atom. The monoisotopic (exact) mass is 473 g/mol. The van der Waals surface area contributed by atoms with E-state index in [1.807, 2.05) is 60.7 Å². The molecule has 1 aromatic heterocycles. The van der Waals surface area contributed by atoms with E-state index >= 15 is 0 Å². The van der Waals surface area contributed by atoms with Gasteiger partial charge < -0.3 is 5.32 Å². The quantitative estimate of drug-likeness (QED) is 0.360. The maximum absolute atomic E-state index is 12.9. The van der Waals surface area contributed by atoms with Gasteiger partial charge in [0.1, 0.15) is 0 Å². The van der Waals surface area contributed by atoms with Gasteiger partial charge in [0, 0.05) is 17.8 Å². The minimum absolute atomic E-state index is 0.0167. The van der Waals surface area contributed by atoms with Crippen LogP contribution in [-0.4, -0.2) is 35.6 Å². The van der Waals surface area contributed by atoms with E-state index in [1.165, 1.54) is 6.08 Å². The van der Waals surface area contributed by atoms with E-state index in [1.54, 1.807) is 28.9 Å². The van der Waals surface area contributed by atoms with Crippen LogP contribution in [-0.2, 0) is 15.8 Å². The molecule has 0 saturated heterocycles. The van der Waals surface area contributed by atoms with Crippen LogP contribution in [0.5, 0.6) is 0 Å². The highest BCUT2D eigenvalue weighted by Gasteiger charge is 2.19. The normalized spacial score (nSPS) is 11.2. The molecule has 0 aliphatic heterocycles. The molecule has 0 atom stereocenters. The number of carbonyl (C=O) groups is 1. The summed E-state index contributed by atoms with van der Waals surface area (Å²) in [5.41, 5.74) is 2.70. The van der Waals surface area contributed by atoms with E-state index in [9.17, 15) is 13.2 Å². The number of para-hydroxylation sites is 1. The fraction of sp³-hybridized carbons (Fsp3) is 0.0800. The predicted molar refractivity (Wildman–Crippen MR) is 132 cm³/mol. The van der Waals surface area contributed by atoms with Crippen molar-refractivity contribution in [2.24, 2.45) is 0 Å². The van der Waals surface area contributed by atoms with Gasteiger partial charge in [0.15, 0.2) is 5.82 Å². The Morgan fingerprint density at radius 1 is 0.941 bits per heavy atom. The highest BCUT2D eigenvalue weighted by molar-refractivity contribution is 7.88. The first-order valence-electron chi connectivity index (χ1n) is 10.5. The molecule has 0 aliphatic rings. The number of hydrogen-bond donors (Lipinski definition) is 2. The van der Waals surface area contributed by atoms with Gasteiger partial charge in [-0.15, -0.1) is 11.7 Å². The molecule has 172 valence electrons. The van der Waals surface area contributed by atoms with Crippen LogP contribution in [0.2, 0.25) is 0 Å². The summed E-state index contributed by atoms with van der Waals surface area (Å²) in [4.78, 5) is 17.4. The lowest BCUT2D eigenvalue weighted by Crippen LogP contribution is -2.25. The van der Waals surface area contributed by atoms with Gasteiger partial charge in [-0.3, -0.25) is 4.79 Å². The first-order valence-corrected chi connectivity index (χ1v) is 12.2. The van der Waals surface area contributed by atoms with Gasteiger partial charge in [-0.1, -0.05) is 66.7 Å². The fourth-order valence-corrected chi connectivity index (χ4v) is 4.36. The van der Waals surface area contributed by atoms with Gasteiger partial charge in [0.05, 0.1) is 11.4 Å². The number of sulfonamides is 1. The van der Waals surface area contributed by atoms with Crippen molar-refractivity contribution in [2.75, 3.05) is 11.9 Å². The molecule has 0 fully saturated rings. The van der Waals surface area contributed by atoms with Gasteiger partial charge in [0.25, 0.3) is 5.91 Å². The summed E-state index contributed by atoms with van der Waals surface area (Å²) in [5, 5.41) is 7.22. The minimum Gasteiger partial charge on any atom is -0.319 e. The molecule has 1 amide bonds. The maximum Gasteiger partial charge on any atom is 0.295 e. The maximum atomic E-state index is 12.9. The van der Waals surface area contributed by atoms with Crippen LogP contribution in [0.25, 0.3) is 17.1 Å². The summed E-state index contributed by atoms with van der Waals surface area (Å²) in [7, 11) is -3.46. The number of nitrogens with zero attached hydrogens (tertiary/aromatic N) is 3. The third-order valence-corrected chi connectivity index (χ3v) is 6.18. The average Bonchev–Trinajstić information content (AvgIpc) is 3.31. The van der Waals surface area contributed by atoms with Crippen molar-refractivity contribution < 1.29 is 13.2 Å². The Bertz CT molecular complexity index is 1330. The number of aromatic nitrogens is 3. The van der Waals surface area contributed by atoms with Crippen molar-refractivity contribution in [1.82, 2.24) is 19.5 Å². The van der Waals surface area contributed by atoms with Crippen molar-refractivity contribution in [1.29, 1.82) is 0 Å². The van der Waals surface area contributed by atoms with Gasteiger partial charge in [0.2, 0.25) is 15.8 Å². The number of benzene rings is 3. The second-order valence-electron chi connectivity index (χ2n) is 7.42. The lowest BCUT2D eigenvalue weighted by Gasteiger charge is -2.07. The highest BCUT2D eigenvalue weighted by Crippen LogP contribution is 2.21. The van der Waals surface area contributed by atoms with Gasteiger partial charge in [-0.05, 0) is 29.8 Å². The summed E-state index contributed by atoms with van der Waals surface area (Å²) in [6.07, 6.45) is 1.48. The van der Waals surface area contributed by atoms with Crippen LogP contribution >= 0.6 is 0 Å². The smallest absolute Gasteiger partial charge is 0.295 e. The zero-order valence-electron chi connectivity index (χ0n) is 18.3. The highest BCUT2D eigenvalue weighted by atomic mass is 32.2. The van der Waals surface area contributed by atoms with Crippen LogP contribution in [0.3, 0.4) is 0 Å². The number of anilines is 1. The van der Waals surface area contributed by atoms with Crippen molar-refractivity contribution in [2.45, 2.75) is 5.75 Å². The van der Waals surface area contributed by atoms with Gasteiger partial charge >= 0.3 is 0 Å². The molecular weight excluding hydrogens is 450 g/mol. The van der Waals surface area contributed by atoms with E-state index in [-0.39, 0.29) is 18.1 Å². The molecule has 0 unspecified atom stereocenters. The number of hydrogen-bond acceptors (Lipinski definition) is 5.